The number of likely N-dealkylation sites (N-methyl/N-ethyl adjacent to an activating group) is 1. The van der Waals surface area contributed by atoms with E-state index >= 15 is 0 Å². The van der Waals surface area contributed by atoms with Gasteiger partial charge in [0, 0.05) is 30.4 Å². The fourth-order valence-electron chi connectivity index (χ4n) is 4.19. The SMILES string of the molecule is CCN1C(=O)c2cc3ccccc3n2C[C@@]1(C)C(=O)NCC(=O)NCCc1ccco1. The average molecular weight is 422 g/mol. The lowest BCUT2D eigenvalue weighted by Crippen LogP contribution is -2.64. The summed E-state index contributed by atoms with van der Waals surface area (Å²) in [7, 11) is 0. The number of fused-ring (bicyclic) bond motifs is 3. The normalized spacial score (nSPS) is 18.1. The van der Waals surface area contributed by atoms with E-state index in [0.29, 0.717) is 31.7 Å². The number of hydrogen-bond donors (Lipinski definition) is 2. The van der Waals surface area contributed by atoms with Gasteiger partial charge in [0.1, 0.15) is 17.0 Å². The van der Waals surface area contributed by atoms with Gasteiger partial charge >= 0.3 is 0 Å². The van der Waals surface area contributed by atoms with Crippen LogP contribution in [-0.2, 0) is 22.6 Å². The smallest absolute Gasteiger partial charge is 0.271 e. The monoisotopic (exact) mass is 422 g/mol. The number of hydrogen-bond acceptors (Lipinski definition) is 4. The molecule has 1 aromatic carbocycles. The standard InChI is InChI=1S/C23H26N4O4/c1-3-27-21(29)19-13-16-7-4-5-9-18(16)26(19)15-23(27,2)22(30)25-14-20(28)24-11-10-17-8-6-12-31-17/h4-9,12-13H,3,10-11,14-15H2,1-2H3,(H,24,28)(H,25,30)/t23-/m0/s1. The lowest BCUT2D eigenvalue weighted by atomic mass is 9.95. The number of nitrogens with zero attached hydrogens (tertiary/aromatic N) is 2. The summed E-state index contributed by atoms with van der Waals surface area (Å²) in [6.07, 6.45) is 2.16. The van der Waals surface area contributed by atoms with Crippen molar-refractivity contribution < 1.29 is 18.8 Å². The molecule has 4 rings (SSSR count). The molecule has 3 amide bonds. The summed E-state index contributed by atoms with van der Waals surface area (Å²) < 4.78 is 7.13. The number of nitrogens with one attached hydrogen (secondary N) is 2. The largest absolute Gasteiger partial charge is 0.469 e. The van der Waals surface area contributed by atoms with E-state index in [-0.39, 0.29) is 24.3 Å². The van der Waals surface area contributed by atoms with Gasteiger partial charge in [0.05, 0.1) is 19.4 Å². The van der Waals surface area contributed by atoms with E-state index in [1.165, 1.54) is 0 Å². The third kappa shape index (κ3) is 3.81. The van der Waals surface area contributed by atoms with Crippen LogP contribution in [0.2, 0.25) is 0 Å². The molecule has 0 aliphatic carbocycles. The molecule has 2 N–H and O–H groups in total. The molecular weight excluding hydrogens is 396 g/mol. The molecule has 8 heteroatoms. The van der Waals surface area contributed by atoms with E-state index in [2.05, 4.69) is 10.6 Å². The Hall–Kier alpha value is -3.55. The molecule has 31 heavy (non-hydrogen) atoms. The van der Waals surface area contributed by atoms with E-state index in [1.807, 2.05) is 47.9 Å². The van der Waals surface area contributed by atoms with Gasteiger partial charge in [-0.05, 0) is 38.1 Å². The van der Waals surface area contributed by atoms with E-state index in [1.54, 1.807) is 24.2 Å². The van der Waals surface area contributed by atoms with Crippen LogP contribution in [-0.4, -0.2) is 52.4 Å². The number of aromatic nitrogens is 1. The first-order valence-electron chi connectivity index (χ1n) is 10.4. The Labute approximate surface area is 180 Å². The molecule has 3 heterocycles. The van der Waals surface area contributed by atoms with Crippen molar-refractivity contribution in [2.45, 2.75) is 32.4 Å². The summed E-state index contributed by atoms with van der Waals surface area (Å²) in [4.78, 5) is 40.1. The van der Waals surface area contributed by atoms with Crippen LogP contribution in [0.1, 0.15) is 30.1 Å². The quantitative estimate of drug-likeness (QED) is 0.608. The maximum atomic E-state index is 13.2. The molecule has 162 valence electrons. The highest BCUT2D eigenvalue weighted by molar-refractivity contribution is 6.04. The van der Waals surface area contributed by atoms with Gasteiger partial charge in [0.2, 0.25) is 11.8 Å². The predicted octanol–water partition coefficient (Wildman–Crippen LogP) is 1.94. The van der Waals surface area contributed by atoms with Crippen molar-refractivity contribution in [2.24, 2.45) is 0 Å². The van der Waals surface area contributed by atoms with Crippen LogP contribution in [0, 0.1) is 0 Å². The van der Waals surface area contributed by atoms with Crippen molar-refractivity contribution in [3.8, 4) is 0 Å². The van der Waals surface area contributed by atoms with Crippen LogP contribution in [0.4, 0.5) is 0 Å². The number of furan rings is 1. The van der Waals surface area contributed by atoms with Crippen molar-refractivity contribution in [1.82, 2.24) is 20.1 Å². The van der Waals surface area contributed by atoms with E-state index < -0.39 is 5.54 Å². The average Bonchev–Trinajstić information content (AvgIpc) is 3.40. The molecule has 0 fully saturated rings. The van der Waals surface area contributed by atoms with Gasteiger partial charge < -0.3 is 24.5 Å². The highest BCUT2D eigenvalue weighted by atomic mass is 16.3. The lowest BCUT2D eigenvalue weighted by molar-refractivity contribution is -0.134. The maximum absolute atomic E-state index is 13.2. The molecule has 0 saturated carbocycles. The Morgan fingerprint density at radius 1 is 1.16 bits per heavy atom. The van der Waals surface area contributed by atoms with Crippen LogP contribution >= 0.6 is 0 Å². The van der Waals surface area contributed by atoms with Gasteiger partial charge in [-0.25, -0.2) is 0 Å². The van der Waals surface area contributed by atoms with Gasteiger partial charge in [0.25, 0.3) is 5.91 Å². The van der Waals surface area contributed by atoms with Gasteiger partial charge in [-0.1, -0.05) is 18.2 Å². The molecular formula is C23H26N4O4. The second-order valence-electron chi connectivity index (χ2n) is 7.86. The molecule has 3 aromatic rings. The molecule has 1 atom stereocenters. The molecule has 0 spiro atoms. The summed E-state index contributed by atoms with van der Waals surface area (Å²) in [6.45, 7) is 4.57. The van der Waals surface area contributed by atoms with Crippen molar-refractivity contribution >= 4 is 28.6 Å². The van der Waals surface area contributed by atoms with Crippen molar-refractivity contribution in [3.63, 3.8) is 0 Å². The van der Waals surface area contributed by atoms with Gasteiger partial charge in [-0.15, -0.1) is 0 Å². The third-order valence-electron chi connectivity index (χ3n) is 5.83. The fourth-order valence-corrected chi connectivity index (χ4v) is 4.19. The van der Waals surface area contributed by atoms with E-state index in [9.17, 15) is 14.4 Å². The Kier molecular flexibility index (Phi) is 5.54. The van der Waals surface area contributed by atoms with Crippen molar-refractivity contribution in [2.75, 3.05) is 19.6 Å². The maximum Gasteiger partial charge on any atom is 0.271 e. The number of para-hydroxylation sites is 1. The first-order valence-corrected chi connectivity index (χ1v) is 10.4. The van der Waals surface area contributed by atoms with Gasteiger partial charge in [-0.3, -0.25) is 14.4 Å². The Morgan fingerprint density at radius 2 is 1.97 bits per heavy atom. The first kappa shape index (κ1) is 20.7. The highest BCUT2D eigenvalue weighted by Crippen LogP contribution is 2.32. The van der Waals surface area contributed by atoms with Crippen LogP contribution in [0.25, 0.3) is 10.9 Å². The number of benzene rings is 1. The van der Waals surface area contributed by atoms with Crippen LogP contribution in [0.5, 0.6) is 0 Å². The zero-order valence-corrected chi connectivity index (χ0v) is 17.7. The lowest BCUT2D eigenvalue weighted by Gasteiger charge is -2.43. The second kappa shape index (κ2) is 8.29. The van der Waals surface area contributed by atoms with E-state index in [0.717, 1.165) is 16.7 Å². The first-order chi connectivity index (χ1) is 14.9. The summed E-state index contributed by atoms with van der Waals surface area (Å²) in [6, 6.07) is 13.2. The molecule has 1 aliphatic rings. The zero-order valence-electron chi connectivity index (χ0n) is 17.7. The number of amides is 3. The molecule has 8 nitrogen and oxygen atoms in total. The molecule has 1 aliphatic heterocycles. The Balaban J connectivity index is 1.44. The van der Waals surface area contributed by atoms with Gasteiger partial charge in [0.15, 0.2) is 0 Å². The highest BCUT2D eigenvalue weighted by Gasteiger charge is 2.46. The van der Waals surface area contributed by atoms with Crippen molar-refractivity contribution in [1.29, 1.82) is 0 Å². The minimum absolute atomic E-state index is 0.155. The summed E-state index contributed by atoms with van der Waals surface area (Å²) in [5.74, 6) is -0.0514. The molecule has 2 aromatic heterocycles. The minimum atomic E-state index is -1.10. The van der Waals surface area contributed by atoms with Crippen LogP contribution in [0.3, 0.4) is 0 Å². The Morgan fingerprint density at radius 3 is 2.71 bits per heavy atom. The summed E-state index contributed by atoms with van der Waals surface area (Å²) >= 11 is 0. The third-order valence-corrected chi connectivity index (χ3v) is 5.83. The summed E-state index contributed by atoms with van der Waals surface area (Å²) in [5.41, 5.74) is 0.384. The molecule has 0 bridgehead atoms. The fraction of sp³-hybridized carbons (Fsp3) is 0.348. The predicted molar refractivity (Wildman–Crippen MR) is 115 cm³/mol. The molecule has 0 unspecified atom stereocenters. The number of rotatable bonds is 7. The van der Waals surface area contributed by atoms with Gasteiger partial charge in [-0.2, -0.15) is 0 Å². The van der Waals surface area contributed by atoms with Crippen molar-refractivity contribution in [3.05, 3.63) is 60.2 Å². The second-order valence-corrected chi connectivity index (χ2v) is 7.86. The summed E-state index contributed by atoms with van der Waals surface area (Å²) in [5, 5.41) is 6.43. The zero-order chi connectivity index (χ0) is 22.0. The van der Waals surface area contributed by atoms with E-state index in [4.69, 9.17) is 4.42 Å². The topological polar surface area (TPSA) is 96.6 Å². The number of carbonyl (C=O) groups excluding carboxylic acids is 3. The van der Waals surface area contributed by atoms with Crippen LogP contribution < -0.4 is 10.6 Å². The van der Waals surface area contributed by atoms with Crippen LogP contribution in [0.15, 0.2) is 53.1 Å². The number of carbonyl (C=O) groups is 3. The Bertz CT molecular complexity index is 1120. The molecule has 0 saturated heterocycles. The molecule has 0 radical (unpaired) electrons. The minimum Gasteiger partial charge on any atom is -0.469 e.